The molecule has 0 saturated carbocycles. The molecule has 0 unspecified atom stereocenters. The molecule has 0 heterocycles. The molecular weight excluding hydrogens is 361 g/mol. The predicted molar refractivity (Wildman–Crippen MR) is 88.9 cm³/mol. The zero-order valence-corrected chi connectivity index (χ0v) is 16.6. The van der Waals surface area contributed by atoms with E-state index in [1.54, 1.807) is 0 Å². The van der Waals surface area contributed by atoms with Crippen LogP contribution in [0.2, 0.25) is 38.8 Å². The molecule has 0 rings (SSSR count). The van der Waals surface area contributed by atoms with Crippen molar-refractivity contribution >= 4 is 28.6 Å². The highest BCUT2D eigenvalue weighted by atomic mass is 28.4. The van der Waals surface area contributed by atoms with Crippen LogP contribution in [0.25, 0.3) is 0 Å². The molecular formula is C14H25F3O5Si2. The first kappa shape index (κ1) is 22.9. The van der Waals surface area contributed by atoms with Crippen molar-refractivity contribution in [2.45, 2.75) is 64.2 Å². The quantitative estimate of drug-likeness (QED) is 0.457. The van der Waals surface area contributed by atoms with Gasteiger partial charge < -0.3 is 14.3 Å². The van der Waals surface area contributed by atoms with E-state index in [-0.39, 0.29) is 12.8 Å². The van der Waals surface area contributed by atoms with Gasteiger partial charge in [0.15, 0.2) is 16.6 Å². The van der Waals surface area contributed by atoms with E-state index >= 15 is 0 Å². The van der Waals surface area contributed by atoms with Crippen LogP contribution in [0.15, 0.2) is 11.1 Å². The maximum absolute atomic E-state index is 12.5. The molecule has 0 saturated heterocycles. The minimum atomic E-state index is -4.77. The summed E-state index contributed by atoms with van der Waals surface area (Å²) in [7, 11) is -3.85. The number of rotatable bonds is 9. The fourth-order valence-electron chi connectivity index (χ4n) is 2.47. The number of hydrogen-bond acceptors (Lipinski definition) is 3. The molecule has 0 atom stereocenters. The summed E-state index contributed by atoms with van der Waals surface area (Å²) in [4.78, 5) is 22.3. The van der Waals surface area contributed by atoms with Gasteiger partial charge in [0.1, 0.15) is 0 Å². The molecule has 0 fully saturated rings. The van der Waals surface area contributed by atoms with Gasteiger partial charge in [0.2, 0.25) is 0 Å². The second-order valence-electron chi connectivity index (χ2n) is 7.19. The molecule has 0 aromatic heterocycles. The number of halogens is 3. The molecule has 0 spiro atoms. The van der Waals surface area contributed by atoms with Gasteiger partial charge in [0.25, 0.3) is 0 Å². The summed E-state index contributed by atoms with van der Waals surface area (Å²) < 4.78 is 43.5. The Morgan fingerprint density at radius 2 is 1.42 bits per heavy atom. The lowest BCUT2D eigenvalue weighted by atomic mass is 10.0. The summed E-state index contributed by atoms with van der Waals surface area (Å²) >= 11 is 0. The number of carboxylic acids is 2. The van der Waals surface area contributed by atoms with Crippen LogP contribution in [0.4, 0.5) is 13.2 Å². The SMILES string of the molecule is C[Si](C)(C)O[Si](C)(C)CCCC(C(=O)O)=C(CC(F)(F)F)C(=O)O. The molecule has 2 N–H and O–H groups in total. The van der Waals surface area contributed by atoms with Crippen LogP contribution in [-0.4, -0.2) is 45.0 Å². The minimum absolute atomic E-state index is 0.224. The Morgan fingerprint density at radius 3 is 1.75 bits per heavy atom. The predicted octanol–water partition coefficient (Wildman–Crippen LogP) is 4.24. The lowest BCUT2D eigenvalue weighted by Crippen LogP contribution is -2.42. The van der Waals surface area contributed by atoms with Gasteiger partial charge in [-0.15, -0.1) is 0 Å². The van der Waals surface area contributed by atoms with Gasteiger partial charge in [-0.25, -0.2) is 9.59 Å². The molecule has 0 aliphatic heterocycles. The van der Waals surface area contributed by atoms with Crippen LogP contribution in [0.1, 0.15) is 19.3 Å². The Balaban J connectivity index is 5.18. The average Bonchev–Trinajstić information content (AvgIpc) is 2.27. The minimum Gasteiger partial charge on any atom is -0.478 e. The summed E-state index contributed by atoms with van der Waals surface area (Å²) in [5, 5.41) is 18.0. The Morgan fingerprint density at radius 1 is 0.958 bits per heavy atom. The molecule has 0 aromatic rings. The van der Waals surface area contributed by atoms with Crippen LogP contribution >= 0.6 is 0 Å². The van der Waals surface area contributed by atoms with E-state index < -0.39 is 52.3 Å². The Bertz CT molecular complexity index is 508. The first-order valence-electron chi connectivity index (χ1n) is 7.49. The molecule has 0 radical (unpaired) electrons. The van der Waals surface area contributed by atoms with E-state index in [2.05, 4.69) is 0 Å². The average molecular weight is 387 g/mol. The van der Waals surface area contributed by atoms with Crippen LogP contribution in [-0.2, 0) is 13.7 Å². The molecule has 0 aromatic carbocycles. The van der Waals surface area contributed by atoms with Gasteiger partial charge >= 0.3 is 18.1 Å². The number of aliphatic carboxylic acids is 2. The third-order valence-corrected chi connectivity index (χ3v) is 9.26. The van der Waals surface area contributed by atoms with Gasteiger partial charge in [0, 0.05) is 5.57 Å². The van der Waals surface area contributed by atoms with Crippen LogP contribution < -0.4 is 0 Å². The maximum Gasteiger partial charge on any atom is 0.393 e. The van der Waals surface area contributed by atoms with Crippen molar-refractivity contribution in [3.05, 3.63) is 11.1 Å². The van der Waals surface area contributed by atoms with E-state index in [0.717, 1.165) is 0 Å². The molecule has 0 amide bonds. The smallest absolute Gasteiger partial charge is 0.393 e. The first-order chi connectivity index (χ1) is 10.5. The zero-order chi connectivity index (χ0) is 19.3. The Labute approximate surface area is 141 Å². The van der Waals surface area contributed by atoms with Gasteiger partial charge in [-0.2, -0.15) is 13.2 Å². The second-order valence-corrected chi connectivity index (χ2v) is 16.2. The van der Waals surface area contributed by atoms with E-state index in [1.807, 2.05) is 32.7 Å². The van der Waals surface area contributed by atoms with Crippen molar-refractivity contribution in [3.63, 3.8) is 0 Å². The molecule has 24 heavy (non-hydrogen) atoms. The number of alkyl halides is 3. The van der Waals surface area contributed by atoms with Crippen molar-refractivity contribution in [2.75, 3.05) is 0 Å². The number of carboxylic acid groups (broad SMARTS) is 2. The fourth-order valence-corrected chi connectivity index (χ4v) is 10.5. The standard InChI is InChI=1S/C14H25F3O5Si2/c1-23(2,3)22-24(4,5)8-6-7-10(12(18)19)11(13(20)21)9-14(15,16)17/h6-9H2,1-5H3,(H,18,19)(H,20,21). The van der Waals surface area contributed by atoms with Crippen molar-refractivity contribution in [1.29, 1.82) is 0 Å². The summed E-state index contributed by atoms with van der Waals surface area (Å²) in [5.41, 5.74) is -1.78. The summed E-state index contributed by atoms with van der Waals surface area (Å²) in [5.74, 6) is -3.47. The third-order valence-electron chi connectivity index (χ3n) is 3.05. The van der Waals surface area contributed by atoms with E-state index in [1.165, 1.54) is 0 Å². The molecule has 5 nitrogen and oxygen atoms in total. The van der Waals surface area contributed by atoms with Crippen molar-refractivity contribution in [2.24, 2.45) is 0 Å². The third kappa shape index (κ3) is 9.88. The summed E-state index contributed by atoms with van der Waals surface area (Å²) in [6.07, 6.45) is -6.47. The maximum atomic E-state index is 12.5. The van der Waals surface area contributed by atoms with Crippen LogP contribution in [0.5, 0.6) is 0 Å². The van der Waals surface area contributed by atoms with E-state index in [4.69, 9.17) is 14.3 Å². The highest BCUT2D eigenvalue weighted by molar-refractivity contribution is 6.84. The largest absolute Gasteiger partial charge is 0.478 e. The fraction of sp³-hybridized carbons (Fsp3) is 0.714. The highest BCUT2D eigenvalue weighted by Gasteiger charge is 2.35. The zero-order valence-electron chi connectivity index (χ0n) is 14.6. The number of hydrogen-bond donors (Lipinski definition) is 2. The molecule has 0 aliphatic rings. The van der Waals surface area contributed by atoms with E-state index in [0.29, 0.717) is 6.04 Å². The first-order valence-corrected chi connectivity index (χ1v) is 14.0. The van der Waals surface area contributed by atoms with Gasteiger partial charge in [-0.1, -0.05) is 0 Å². The van der Waals surface area contributed by atoms with E-state index in [9.17, 15) is 22.8 Å². The van der Waals surface area contributed by atoms with Crippen molar-refractivity contribution in [1.82, 2.24) is 0 Å². The topological polar surface area (TPSA) is 83.8 Å². The highest BCUT2D eigenvalue weighted by Crippen LogP contribution is 2.29. The van der Waals surface area contributed by atoms with Crippen molar-refractivity contribution in [3.8, 4) is 0 Å². The van der Waals surface area contributed by atoms with Gasteiger partial charge in [-0.3, -0.25) is 0 Å². The molecule has 140 valence electrons. The second kappa shape index (κ2) is 8.30. The molecule has 0 bridgehead atoms. The van der Waals surface area contributed by atoms with Crippen LogP contribution in [0.3, 0.4) is 0 Å². The summed E-state index contributed by atoms with van der Waals surface area (Å²) in [6, 6.07) is 0.549. The van der Waals surface area contributed by atoms with Crippen LogP contribution in [0, 0.1) is 0 Å². The van der Waals surface area contributed by atoms with Crippen molar-refractivity contribution < 1.29 is 37.1 Å². The Hall–Kier alpha value is -1.14. The summed E-state index contributed by atoms with van der Waals surface area (Å²) in [6.45, 7) is 10.00. The molecule has 0 aliphatic carbocycles. The lowest BCUT2D eigenvalue weighted by molar-refractivity contribution is -0.144. The van der Waals surface area contributed by atoms with Gasteiger partial charge in [0.05, 0.1) is 12.0 Å². The monoisotopic (exact) mass is 386 g/mol. The lowest BCUT2D eigenvalue weighted by Gasteiger charge is -2.31. The number of carbonyl (C=O) groups is 2. The van der Waals surface area contributed by atoms with Gasteiger partial charge in [-0.05, 0) is 51.6 Å². The molecule has 10 heteroatoms. The Kier molecular flexibility index (Phi) is 7.91. The normalized spacial score (nSPS) is 14.3.